The van der Waals surface area contributed by atoms with Crippen LogP contribution in [-0.4, -0.2) is 10.9 Å². The minimum atomic E-state index is -0.0489. The summed E-state index contributed by atoms with van der Waals surface area (Å²) in [7, 11) is 0. The Morgan fingerprint density at radius 1 is 1.16 bits per heavy atom. The lowest BCUT2D eigenvalue weighted by Gasteiger charge is -2.07. The van der Waals surface area contributed by atoms with E-state index in [1.165, 1.54) is 0 Å². The second-order valence-electron chi connectivity index (χ2n) is 6.05. The largest absolute Gasteiger partial charge is 0.441 e. The number of amides is 1. The summed E-state index contributed by atoms with van der Waals surface area (Å²) in [5, 5.41) is 2.93. The molecule has 0 radical (unpaired) electrons. The number of anilines is 1. The molecule has 0 atom stereocenters. The molecule has 128 valence electrons. The van der Waals surface area contributed by atoms with Gasteiger partial charge in [-0.3, -0.25) is 4.79 Å². The molecule has 0 saturated carbocycles. The summed E-state index contributed by atoms with van der Waals surface area (Å²) in [6.07, 6.45) is 2.48. The highest BCUT2D eigenvalue weighted by molar-refractivity contribution is 9.10. The van der Waals surface area contributed by atoms with Crippen molar-refractivity contribution in [3.05, 3.63) is 70.2 Å². The second kappa shape index (κ2) is 7.66. The lowest BCUT2D eigenvalue weighted by molar-refractivity contribution is -0.116. The Morgan fingerprint density at radius 2 is 1.92 bits per heavy atom. The Kier molecular flexibility index (Phi) is 5.34. The van der Waals surface area contributed by atoms with E-state index in [1.807, 2.05) is 50.2 Å². The van der Waals surface area contributed by atoms with Gasteiger partial charge in [-0.15, -0.1) is 0 Å². The molecule has 2 aromatic carbocycles. The first kappa shape index (κ1) is 17.4. The van der Waals surface area contributed by atoms with Crippen molar-refractivity contribution in [2.24, 2.45) is 0 Å². The number of carbonyl (C=O) groups excluding carboxylic acids is 1. The molecule has 1 heterocycles. The minimum Gasteiger partial charge on any atom is -0.441 e. The Balaban J connectivity index is 1.59. The number of nitrogens with zero attached hydrogens (tertiary/aromatic N) is 1. The summed E-state index contributed by atoms with van der Waals surface area (Å²) in [6.45, 7) is 4.03. The minimum absolute atomic E-state index is 0.0489. The molecule has 0 unspecified atom stereocenters. The van der Waals surface area contributed by atoms with E-state index in [2.05, 4.69) is 32.3 Å². The molecular formula is C20H19BrN2O2. The van der Waals surface area contributed by atoms with E-state index in [0.717, 1.165) is 26.9 Å². The maximum atomic E-state index is 12.1. The SMILES string of the molecule is Cc1cc(C)cc(NC(=O)CCc2ncc(-c3cccc(Br)c3)o2)c1. The molecule has 1 aromatic heterocycles. The highest BCUT2D eigenvalue weighted by atomic mass is 79.9. The van der Waals surface area contributed by atoms with Crippen LogP contribution in [0.5, 0.6) is 0 Å². The van der Waals surface area contributed by atoms with Gasteiger partial charge in [0, 0.05) is 28.6 Å². The topological polar surface area (TPSA) is 55.1 Å². The van der Waals surface area contributed by atoms with Crippen LogP contribution in [0.25, 0.3) is 11.3 Å². The maximum Gasteiger partial charge on any atom is 0.224 e. The molecule has 0 aliphatic carbocycles. The third-order valence-corrected chi connectivity index (χ3v) is 4.23. The van der Waals surface area contributed by atoms with Gasteiger partial charge >= 0.3 is 0 Å². The van der Waals surface area contributed by atoms with Crippen molar-refractivity contribution in [3.8, 4) is 11.3 Å². The molecule has 0 aliphatic heterocycles. The van der Waals surface area contributed by atoms with Crippen molar-refractivity contribution < 1.29 is 9.21 Å². The summed E-state index contributed by atoms with van der Waals surface area (Å²) in [6, 6.07) is 13.8. The predicted octanol–water partition coefficient (Wildman–Crippen LogP) is 5.29. The van der Waals surface area contributed by atoms with Crippen LogP contribution in [-0.2, 0) is 11.2 Å². The van der Waals surface area contributed by atoms with E-state index in [9.17, 15) is 4.79 Å². The molecule has 0 aliphatic rings. The van der Waals surface area contributed by atoms with Crippen molar-refractivity contribution in [1.82, 2.24) is 4.98 Å². The highest BCUT2D eigenvalue weighted by Crippen LogP contribution is 2.24. The summed E-state index contributed by atoms with van der Waals surface area (Å²) >= 11 is 3.44. The third kappa shape index (κ3) is 4.79. The molecule has 0 fully saturated rings. The van der Waals surface area contributed by atoms with Crippen LogP contribution >= 0.6 is 15.9 Å². The van der Waals surface area contributed by atoms with Gasteiger partial charge in [-0.2, -0.15) is 0 Å². The van der Waals surface area contributed by atoms with E-state index < -0.39 is 0 Å². The van der Waals surface area contributed by atoms with Crippen molar-refractivity contribution in [3.63, 3.8) is 0 Å². The first-order chi connectivity index (χ1) is 12.0. The Morgan fingerprint density at radius 3 is 2.64 bits per heavy atom. The van der Waals surface area contributed by atoms with Crippen LogP contribution in [0.1, 0.15) is 23.4 Å². The summed E-state index contributed by atoms with van der Waals surface area (Å²) in [5.74, 6) is 1.21. The number of hydrogen-bond acceptors (Lipinski definition) is 3. The van der Waals surface area contributed by atoms with Crippen LogP contribution in [0.2, 0.25) is 0 Å². The average Bonchev–Trinajstić information content (AvgIpc) is 3.01. The van der Waals surface area contributed by atoms with Crippen LogP contribution in [0.4, 0.5) is 5.69 Å². The van der Waals surface area contributed by atoms with E-state index in [1.54, 1.807) is 6.20 Å². The Bertz CT molecular complexity index is 882. The fraction of sp³-hybridized carbons (Fsp3) is 0.200. The molecule has 4 nitrogen and oxygen atoms in total. The zero-order valence-corrected chi connectivity index (χ0v) is 15.8. The van der Waals surface area contributed by atoms with Crippen LogP contribution in [0.15, 0.2) is 57.6 Å². The van der Waals surface area contributed by atoms with Gasteiger partial charge in [0.05, 0.1) is 6.20 Å². The maximum absolute atomic E-state index is 12.1. The van der Waals surface area contributed by atoms with Crippen molar-refractivity contribution in [2.45, 2.75) is 26.7 Å². The molecule has 0 saturated heterocycles. The van der Waals surface area contributed by atoms with Crippen molar-refractivity contribution in [1.29, 1.82) is 0 Å². The summed E-state index contributed by atoms with van der Waals surface area (Å²) in [5.41, 5.74) is 4.03. The normalized spacial score (nSPS) is 10.7. The second-order valence-corrected chi connectivity index (χ2v) is 6.97. The standard InChI is InChI=1S/C20H19BrN2O2/c1-13-8-14(2)10-17(9-13)23-19(24)6-7-20-22-12-18(25-20)15-4-3-5-16(21)11-15/h3-5,8-12H,6-7H2,1-2H3,(H,23,24). The number of oxazole rings is 1. The van der Waals surface area contributed by atoms with Gasteiger partial charge < -0.3 is 9.73 Å². The van der Waals surface area contributed by atoms with Gasteiger partial charge in [0.15, 0.2) is 11.7 Å². The fourth-order valence-electron chi connectivity index (χ4n) is 2.69. The molecule has 25 heavy (non-hydrogen) atoms. The number of carbonyl (C=O) groups is 1. The Labute approximate surface area is 155 Å². The quantitative estimate of drug-likeness (QED) is 0.634. The predicted molar refractivity (Wildman–Crippen MR) is 103 cm³/mol. The number of nitrogens with one attached hydrogen (secondary N) is 1. The molecule has 5 heteroatoms. The third-order valence-electron chi connectivity index (χ3n) is 3.73. The zero-order valence-electron chi connectivity index (χ0n) is 14.2. The van der Waals surface area contributed by atoms with Gasteiger partial charge in [-0.1, -0.05) is 34.1 Å². The average molecular weight is 399 g/mol. The van der Waals surface area contributed by atoms with Gasteiger partial charge in [-0.25, -0.2) is 4.98 Å². The smallest absolute Gasteiger partial charge is 0.224 e. The lowest BCUT2D eigenvalue weighted by atomic mass is 10.1. The van der Waals surface area contributed by atoms with Crippen LogP contribution in [0.3, 0.4) is 0 Å². The number of benzene rings is 2. The van der Waals surface area contributed by atoms with Crippen LogP contribution in [0, 0.1) is 13.8 Å². The monoisotopic (exact) mass is 398 g/mol. The first-order valence-corrected chi connectivity index (χ1v) is 8.88. The molecular weight excluding hydrogens is 380 g/mol. The number of aryl methyl sites for hydroxylation is 3. The van der Waals surface area contributed by atoms with Gasteiger partial charge in [0.25, 0.3) is 0 Å². The van der Waals surface area contributed by atoms with Gasteiger partial charge in [0.2, 0.25) is 5.91 Å². The molecule has 1 amide bonds. The number of hydrogen-bond donors (Lipinski definition) is 1. The summed E-state index contributed by atoms with van der Waals surface area (Å²) in [4.78, 5) is 16.4. The molecule has 1 N–H and O–H groups in total. The van der Waals surface area contributed by atoms with Crippen molar-refractivity contribution >= 4 is 27.5 Å². The number of halogens is 1. The summed E-state index contributed by atoms with van der Waals surface area (Å²) < 4.78 is 6.73. The molecule has 3 rings (SSSR count). The van der Waals surface area contributed by atoms with Gasteiger partial charge in [0.1, 0.15) is 0 Å². The van der Waals surface area contributed by atoms with E-state index in [-0.39, 0.29) is 5.91 Å². The zero-order chi connectivity index (χ0) is 17.8. The van der Waals surface area contributed by atoms with Crippen molar-refractivity contribution in [2.75, 3.05) is 5.32 Å². The number of aromatic nitrogens is 1. The van der Waals surface area contributed by atoms with Crippen LogP contribution < -0.4 is 5.32 Å². The lowest BCUT2D eigenvalue weighted by Crippen LogP contribution is -2.12. The van der Waals surface area contributed by atoms with E-state index in [4.69, 9.17) is 4.42 Å². The van der Waals surface area contributed by atoms with E-state index in [0.29, 0.717) is 24.5 Å². The fourth-order valence-corrected chi connectivity index (χ4v) is 3.09. The molecule has 3 aromatic rings. The molecule has 0 bridgehead atoms. The molecule has 0 spiro atoms. The number of rotatable bonds is 5. The van der Waals surface area contributed by atoms with Gasteiger partial charge in [-0.05, 0) is 49.2 Å². The highest BCUT2D eigenvalue weighted by Gasteiger charge is 2.10. The van der Waals surface area contributed by atoms with E-state index >= 15 is 0 Å². The first-order valence-electron chi connectivity index (χ1n) is 8.08. The Hall–Kier alpha value is -2.40.